The van der Waals surface area contributed by atoms with Crippen molar-refractivity contribution in [3.63, 3.8) is 0 Å². The largest absolute Gasteiger partial charge is 0.467 e. The van der Waals surface area contributed by atoms with Crippen molar-refractivity contribution in [2.24, 2.45) is 5.92 Å². The minimum atomic E-state index is 0.0590. The van der Waals surface area contributed by atoms with E-state index in [-0.39, 0.29) is 5.91 Å². The summed E-state index contributed by atoms with van der Waals surface area (Å²) < 4.78 is 7.29. The number of hydrogen-bond acceptors (Lipinski definition) is 4. The summed E-state index contributed by atoms with van der Waals surface area (Å²) in [4.78, 5) is 20.4. The van der Waals surface area contributed by atoms with Crippen molar-refractivity contribution in [3.8, 4) is 11.3 Å². The Kier molecular flexibility index (Phi) is 4.83. The van der Waals surface area contributed by atoms with Crippen molar-refractivity contribution < 1.29 is 9.21 Å². The van der Waals surface area contributed by atoms with E-state index < -0.39 is 0 Å². The number of rotatable bonds is 4. The second-order valence-electron chi connectivity index (χ2n) is 8.04. The number of aromatic nitrogens is 3. The van der Waals surface area contributed by atoms with Crippen LogP contribution in [-0.2, 0) is 6.54 Å². The maximum atomic E-state index is 13.5. The number of amides is 1. The molecule has 0 spiro atoms. The molecule has 1 amide bonds. The highest BCUT2D eigenvalue weighted by Gasteiger charge is 2.25. The third-order valence-corrected chi connectivity index (χ3v) is 5.74. The third-order valence-electron chi connectivity index (χ3n) is 5.74. The molecule has 0 aliphatic carbocycles. The van der Waals surface area contributed by atoms with Gasteiger partial charge in [-0.2, -0.15) is 5.10 Å². The zero-order chi connectivity index (χ0) is 20.5. The molecule has 1 aromatic carbocycles. The number of piperidine rings is 1. The van der Waals surface area contributed by atoms with Gasteiger partial charge in [-0.25, -0.2) is 9.67 Å². The van der Waals surface area contributed by atoms with E-state index in [0.717, 1.165) is 41.9 Å². The summed E-state index contributed by atoms with van der Waals surface area (Å²) in [5, 5.41) is 5.31. The molecule has 1 fully saturated rings. The summed E-state index contributed by atoms with van der Waals surface area (Å²) in [5.74, 6) is 1.38. The van der Waals surface area contributed by atoms with Crippen LogP contribution in [0.1, 0.15) is 35.9 Å². The highest BCUT2D eigenvalue weighted by molar-refractivity contribution is 6.06. The van der Waals surface area contributed by atoms with E-state index in [1.807, 2.05) is 53.4 Å². The molecule has 152 valence electrons. The first kappa shape index (κ1) is 18.6. The van der Waals surface area contributed by atoms with E-state index in [1.54, 1.807) is 17.1 Å². The molecular weight excluding hydrogens is 376 g/mol. The van der Waals surface area contributed by atoms with Gasteiger partial charge in [-0.15, -0.1) is 0 Å². The van der Waals surface area contributed by atoms with Crippen molar-refractivity contribution in [1.29, 1.82) is 0 Å². The Hall–Kier alpha value is -3.41. The Bertz CT molecular complexity index is 1160. The molecule has 0 saturated carbocycles. The quantitative estimate of drug-likeness (QED) is 0.502. The molecule has 6 heteroatoms. The van der Waals surface area contributed by atoms with Gasteiger partial charge in [0.1, 0.15) is 12.3 Å². The van der Waals surface area contributed by atoms with Crippen LogP contribution in [0.4, 0.5) is 0 Å². The molecular formula is C24H24N4O2. The van der Waals surface area contributed by atoms with Crippen LogP contribution in [0.2, 0.25) is 0 Å². The normalized spacial score (nSPS) is 16.8. The van der Waals surface area contributed by atoms with E-state index in [0.29, 0.717) is 23.7 Å². The topological polar surface area (TPSA) is 64.2 Å². The first-order valence-corrected chi connectivity index (χ1v) is 10.4. The average molecular weight is 400 g/mol. The average Bonchev–Trinajstić information content (AvgIpc) is 3.44. The number of furan rings is 1. The summed E-state index contributed by atoms with van der Waals surface area (Å²) in [5.41, 5.74) is 3.11. The zero-order valence-electron chi connectivity index (χ0n) is 17.0. The molecule has 1 aliphatic rings. The molecule has 4 heterocycles. The van der Waals surface area contributed by atoms with Gasteiger partial charge in [-0.1, -0.05) is 37.3 Å². The van der Waals surface area contributed by atoms with Crippen LogP contribution in [0, 0.1) is 5.92 Å². The first-order valence-electron chi connectivity index (χ1n) is 10.4. The summed E-state index contributed by atoms with van der Waals surface area (Å²) in [6.07, 6.45) is 5.62. The second-order valence-corrected chi connectivity index (χ2v) is 8.04. The molecule has 4 aromatic rings. The Morgan fingerprint density at radius 1 is 1.20 bits per heavy atom. The number of carbonyl (C=O) groups is 1. The lowest BCUT2D eigenvalue weighted by molar-refractivity contribution is 0.0685. The van der Waals surface area contributed by atoms with Crippen LogP contribution in [0.3, 0.4) is 0 Å². The number of pyridine rings is 1. The Morgan fingerprint density at radius 3 is 2.83 bits per heavy atom. The fraction of sp³-hybridized carbons (Fsp3) is 0.292. The van der Waals surface area contributed by atoms with E-state index in [4.69, 9.17) is 9.40 Å². The predicted octanol–water partition coefficient (Wildman–Crippen LogP) is 4.61. The first-order chi connectivity index (χ1) is 14.7. The molecule has 1 unspecified atom stereocenters. The summed E-state index contributed by atoms with van der Waals surface area (Å²) in [7, 11) is 0. The van der Waals surface area contributed by atoms with Gasteiger partial charge in [0, 0.05) is 18.7 Å². The second kappa shape index (κ2) is 7.78. The van der Waals surface area contributed by atoms with Gasteiger partial charge in [-0.05, 0) is 37.0 Å². The highest BCUT2D eigenvalue weighted by atomic mass is 16.3. The summed E-state index contributed by atoms with van der Waals surface area (Å²) in [6, 6.07) is 15.6. The number of benzene rings is 1. The van der Waals surface area contributed by atoms with Gasteiger partial charge < -0.3 is 9.32 Å². The molecule has 0 radical (unpaired) electrons. The van der Waals surface area contributed by atoms with E-state index in [1.165, 1.54) is 6.42 Å². The monoisotopic (exact) mass is 400 g/mol. The standard InChI is InChI=1S/C24H24N4O2/c1-17-7-5-11-27(15-17)24(29)20-13-22(18-8-3-2-4-9-18)26-23-21(20)14-25-28(23)16-19-10-6-12-30-19/h2-4,6,8-10,12-14,17H,5,7,11,15-16H2,1H3. The van der Waals surface area contributed by atoms with Crippen molar-refractivity contribution >= 4 is 16.9 Å². The lowest BCUT2D eigenvalue weighted by Gasteiger charge is -2.31. The van der Waals surface area contributed by atoms with Gasteiger partial charge in [-0.3, -0.25) is 4.79 Å². The molecule has 0 bridgehead atoms. The fourth-order valence-corrected chi connectivity index (χ4v) is 4.19. The highest BCUT2D eigenvalue weighted by Crippen LogP contribution is 2.27. The Labute approximate surface area is 175 Å². The molecule has 0 N–H and O–H groups in total. The summed E-state index contributed by atoms with van der Waals surface area (Å²) in [6.45, 7) is 4.27. The number of hydrogen-bond donors (Lipinski definition) is 0. The van der Waals surface area contributed by atoms with E-state index in [2.05, 4.69) is 12.0 Å². The minimum absolute atomic E-state index is 0.0590. The maximum Gasteiger partial charge on any atom is 0.254 e. The molecule has 1 saturated heterocycles. The van der Waals surface area contributed by atoms with Crippen LogP contribution >= 0.6 is 0 Å². The minimum Gasteiger partial charge on any atom is -0.467 e. The molecule has 1 aliphatic heterocycles. The molecule has 6 nitrogen and oxygen atoms in total. The number of carbonyl (C=O) groups excluding carboxylic acids is 1. The lowest BCUT2D eigenvalue weighted by atomic mass is 9.99. The van der Waals surface area contributed by atoms with Gasteiger partial charge >= 0.3 is 0 Å². The number of fused-ring (bicyclic) bond motifs is 1. The van der Waals surface area contributed by atoms with Crippen molar-refractivity contribution in [3.05, 3.63) is 72.3 Å². The maximum absolute atomic E-state index is 13.5. The van der Waals surface area contributed by atoms with Crippen molar-refractivity contribution in [2.75, 3.05) is 13.1 Å². The van der Waals surface area contributed by atoms with Crippen LogP contribution in [0.25, 0.3) is 22.3 Å². The van der Waals surface area contributed by atoms with Crippen molar-refractivity contribution in [1.82, 2.24) is 19.7 Å². The van der Waals surface area contributed by atoms with Crippen LogP contribution in [0.5, 0.6) is 0 Å². The van der Waals surface area contributed by atoms with Gasteiger partial charge in [0.15, 0.2) is 5.65 Å². The van der Waals surface area contributed by atoms with Gasteiger partial charge in [0.05, 0.1) is 29.1 Å². The number of nitrogens with zero attached hydrogens (tertiary/aromatic N) is 4. The fourth-order valence-electron chi connectivity index (χ4n) is 4.19. The molecule has 5 rings (SSSR count). The van der Waals surface area contributed by atoms with E-state index >= 15 is 0 Å². The molecule has 3 aromatic heterocycles. The number of likely N-dealkylation sites (tertiary alicyclic amines) is 1. The van der Waals surface area contributed by atoms with Crippen LogP contribution < -0.4 is 0 Å². The molecule has 30 heavy (non-hydrogen) atoms. The zero-order valence-corrected chi connectivity index (χ0v) is 17.0. The van der Waals surface area contributed by atoms with Crippen LogP contribution in [-0.4, -0.2) is 38.7 Å². The lowest BCUT2D eigenvalue weighted by Crippen LogP contribution is -2.39. The predicted molar refractivity (Wildman–Crippen MR) is 115 cm³/mol. The van der Waals surface area contributed by atoms with Gasteiger partial charge in [0.25, 0.3) is 5.91 Å². The Balaban J connectivity index is 1.63. The molecule has 1 atom stereocenters. The Morgan fingerprint density at radius 2 is 2.07 bits per heavy atom. The van der Waals surface area contributed by atoms with Crippen molar-refractivity contribution in [2.45, 2.75) is 26.3 Å². The van der Waals surface area contributed by atoms with Crippen LogP contribution in [0.15, 0.2) is 65.4 Å². The third kappa shape index (κ3) is 3.49. The van der Waals surface area contributed by atoms with Gasteiger partial charge in [0.2, 0.25) is 0 Å². The van der Waals surface area contributed by atoms with E-state index in [9.17, 15) is 4.79 Å². The SMILES string of the molecule is CC1CCCN(C(=O)c2cc(-c3ccccc3)nc3c2cnn3Cc2ccco2)C1. The summed E-state index contributed by atoms with van der Waals surface area (Å²) >= 11 is 0. The smallest absolute Gasteiger partial charge is 0.254 e.